The van der Waals surface area contributed by atoms with Crippen LogP contribution in [0.2, 0.25) is 0 Å². The maximum atomic E-state index is 12.6. The number of carbonyl (C=O) groups is 3. The molecule has 0 saturated carbocycles. The van der Waals surface area contributed by atoms with Crippen molar-refractivity contribution in [1.29, 1.82) is 0 Å². The lowest BCUT2D eigenvalue weighted by Gasteiger charge is -2.18. The van der Waals surface area contributed by atoms with Gasteiger partial charge in [-0.3, -0.25) is 14.4 Å². The van der Waals surface area contributed by atoms with Gasteiger partial charge in [-0.25, -0.2) is 0 Å². The van der Waals surface area contributed by atoms with E-state index in [1.165, 1.54) is 103 Å². The van der Waals surface area contributed by atoms with Gasteiger partial charge < -0.3 is 14.2 Å². The van der Waals surface area contributed by atoms with Crippen LogP contribution in [0.5, 0.6) is 0 Å². The van der Waals surface area contributed by atoms with Crippen LogP contribution in [-0.4, -0.2) is 37.2 Å². The monoisotopic (exact) mass is 785 g/mol. The molecule has 0 aliphatic carbocycles. The largest absolute Gasteiger partial charge is 0.462 e. The molecule has 0 heterocycles. The van der Waals surface area contributed by atoms with Crippen LogP contribution in [0, 0.1) is 0 Å². The average Bonchev–Trinajstić information content (AvgIpc) is 3.19. The summed E-state index contributed by atoms with van der Waals surface area (Å²) in [5.41, 5.74) is 0. The fourth-order valence-corrected chi connectivity index (χ4v) is 6.55. The summed E-state index contributed by atoms with van der Waals surface area (Å²) in [5, 5.41) is 0. The molecule has 324 valence electrons. The molecular formula is C50H88O6. The van der Waals surface area contributed by atoms with Crippen LogP contribution in [0.4, 0.5) is 0 Å². The lowest BCUT2D eigenvalue weighted by molar-refractivity contribution is -0.167. The van der Waals surface area contributed by atoms with E-state index >= 15 is 0 Å². The molecule has 0 aromatic rings. The Hall–Kier alpha value is -2.63. The Bertz CT molecular complexity index is 996. The molecule has 0 aliphatic heterocycles. The summed E-state index contributed by atoms with van der Waals surface area (Å²) in [6.07, 6.45) is 52.9. The summed E-state index contributed by atoms with van der Waals surface area (Å²) < 4.78 is 16.6. The van der Waals surface area contributed by atoms with Gasteiger partial charge in [-0.1, -0.05) is 204 Å². The lowest BCUT2D eigenvalue weighted by Crippen LogP contribution is -2.30. The first kappa shape index (κ1) is 53.4. The van der Waals surface area contributed by atoms with Gasteiger partial charge >= 0.3 is 17.9 Å². The van der Waals surface area contributed by atoms with Crippen LogP contribution in [0.15, 0.2) is 48.6 Å². The van der Waals surface area contributed by atoms with Crippen molar-refractivity contribution in [2.45, 2.75) is 239 Å². The van der Waals surface area contributed by atoms with E-state index in [2.05, 4.69) is 69.4 Å². The maximum absolute atomic E-state index is 12.6. The molecule has 0 aromatic carbocycles. The zero-order valence-electron chi connectivity index (χ0n) is 36.9. The number of esters is 3. The number of carbonyl (C=O) groups excluding carboxylic acids is 3. The third-order valence-corrected chi connectivity index (χ3v) is 10.1. The highest BCUT2D eigenvalue weighted by atomic mass is 16.6. The normalized spacial score (nSPS) is 12.4. The van der Waals surface area contributed by atoms with E-state index in [1.54, 1.807) is 0 Å². The van der Waals surface area contributed by atoms with Gasteiger partial charge in [-0.15, -0.1) is 0 Å². The fraction of sp³-hybridized carbons (Fsp3) is 0.780. The van der Waals surface area contributed by atoms with Gasteiger partial charge in [0.05, 0.1) is 0 Å². The van der Waals surface area contributed by atoms with Gasteiger partial charge in [0.2, 0.25) is 0 Å². The average molecular weight is 785 g/mol. The van der Waals surface area contributed by atoms with Crippen LogP contribution in [0.25, 0.3) is 0 Å². The highest BCUT2D eigenvalue weighted by Crippen LogP contribution is 2.15. The summed E-state index contributed by atoms with van der Waals surface area (Å²) in [6.45, 7) is 6.40. The predicted octanol–water partition coefficient (Wildman–Crippen LogP) is 15.1. The van der Waals surface area contributed by atoms with E-state index in [-0.39, 0.29) is 31.1 Å². The van der Waals surface area contributed by atoms with Gasteiger partial charge in [0, 0.05) is 19.3 Å². The molecule has 0 N–H and O–H groups in total. The molecule has 0 saturated heterocycles. The van der Waals surface area contributed by atoms with E-state index in [4.69, 9.17) is 14.2 Å². The predicted molar refractivity (Wildman–Crippen MR) is 238 cm³/mol. The zero-order valence-corrected chi connectivity index (χ0v) is 36.9. The molecule has 0 spiro atoms. The molecule has 0 rings (SSSR count). The molecule has 0 radical (unpaired) electrons. The van der Waals surface area contributed by atoms with E-state index in [1.807, 2.05) is 0 Å². The fourth-order valence-electron chi connectivity index (χ4n) is 6.55. The smallest absolute Gasteiger partial charge is 0.306 e. The molecule has 0 fully saturated rings. The number of rotatable bonds is 42. The SMILES string of the molecule is CC/C=C\C/C=C\C/C=C\C/C=C\CCCCCCCCCCCCCCC(=O)OCC(COC(=O)CCCCCCC)OC(=O)CCCCCCCCCC. The zero-order chi connectivity index (χ0) is 40.8. The van der Waals surface area contributed by atoms with Crippen molar-refractivity contribution in [2.24, 2.45) is 0 Å². The minimum Gasteiger partial charge on any atom is -0.462 e. The minimum atomic E-state index is -0.763. The Morgan fingerprint density at radius 2 is 0.696 bits per heavy atom. The summed E-state index contributed by atoms with van der Waals surface area (Å²) in [4.78, 5) is 37.4. The molecule has 0 bridgehead atoms. The van der Waals surface area contributed by atoms with Gasteiger partial charge in [0.1, 0.15) is 13.2 Å². The van der Waals surface area contributed by atoms with Crippen molar-refractivity contribution in [1.82, 2.24) is 0 Å². The Labute approximate surface area is 346 Å². The van der Waals surface area contributed by atoms with E-state index in [9.17, 15) is 14.4 Å². The quantitative estimate of drug-likeness (QED) is 0.0265. The number of hydrogen-bond acceptors (Lipinski definition) is 6. The first-order chi connectivity index (χ1) is 27.5. The second kappa shape index (κ2) is 45.1. The molecule has 1 unspecified atom stereocenters. The summed E-state index contributed by atoms with van der Waals surface area (Å²) in [6, 6.07) is 0. The van der Waals surface area contributed by atoms with Crippen molar-refractivity contribution < 1.29 is 28.6 Å². The molecule has 0 aromatic heterocycles. The number of unbranched alkanes of at least 4 members (excludes halogenated alkanes) is 23. The number of allylic oxidation sites excluding steroid dienone is 8. The number of hydrogen-bond donors (Lipinski definition) is 0. The van der Waals surface area contributed by atoms with E-state index in [0.717, 1.165) is 89.9 Å². The van der Waals surface area contributed by atoms with Crippen LogP contribution in [-0.2, 0) is 28.6 Å². The molecule has 6 heteroatoms. The highest BCUT2D eigenvalue weighted by Gasteiger charge is 2.19. The van der Waals surface area contributed by atoms with Gasteiger partial charge in [-0.2, -0.15) is 0 Å². The molecule has 0 amide bonds. The second-order valence-corrected chi connectivity index (χ2v) is 15.6. The van der Waals surface area contributed by atoms with Crippen LogP contribution in [0.3, 0.4) is 0 Å². The standard InChI is InChI=1S/C50H88O6/c1-4-7-10-13-15-17-18-19-20-21-22-23-24-25-26-27-28-29-30-31-32-33-35-37-40-43-49(52)55-46-47(45-54-48(51)42-39-36-12-9-6-3)56-50(53)44-41-38-34-16-14-11-8-5-2/h7,10,15,17,19-20,22-23,47H,4-6,8-9,11-14,16,18,21,24-46H2,1-3H3/b10-7-,17-15-,20-19-,23-22-. The van der Waals surface area contributed by atoms with Crippen molar-refractivity contribution in [2.75, 3.05) is 13.2 Å². The first-order valence-electron chi connectivity index (χ1n) is 23.6. The van der Waals surface area contributed by atoms with Crippen molar-refractivity contribution in [3.63, 3.8) is 0 Å². The Balaban J connectivity index is 3.99. The third-order valence-electron chi connectivity index (χ3n) is 10.1. The van der Waals surface area contributed by atoms with E-state index in [0.29, 0.717) is 19.3 Å². The minimum absolute atomic E-state index is 0.0724. The molecule has 6 nitrogen and oxygen atoms in total. The van der Waals surface area contributed by atoms with Crippen molar-refractivity contribution in [3.05, 3.63) is 48.6 Å². The highest BCUT2D eigenvalue weighted by molar-refractivity contribution is 5.71. The first-order valence-corrected chi connectivity index (χ1v) is 23.6. The Kier molecular flexibility index (Phi) is 43.0. The summed E-state index contributed by atoms with van der Waals surface area (Å²) in [7, 11) is 0. The summed E-state index contributed by atoms with van der Waals surface area (Å²) in [5.74, 6) is -0.892. The summed E-state index contributed by atoms with van der Waals surface area (Å²) >= 11 is 0. The van der Waals surface area contributed by atoms with Crippen LogP contribution < -0.4 is 0 Å². The number of ether oxygens (including phenoxy) is 3. The molecular weight excluding hydrogens is 697 g/mol. The molecule has 0 aliphatic rings. The third kappa shape index (κ3) is 42.5. The molecule has 56 heavy (non-hydrogen) atoms. The molecule has 1 atom stereocenters. The van der Waals surface area contributed by atoms with Crippen molar-refractivity contribution >= 4 is 17.9 Å². The van der Waals surface area contributed by atoms with Crippen LogP contribution in [0.1, 0.15) is 233 Å². The Morgan fingerprint density at radius 1 is 0.375 bits per heavy atom. The Morgan fingerprint density at radius 3 is 1.09 bits per heavy atom. The van der Waals surface area contributed by atoms with Gasteiger partial charge in [0.25, 0.3) is 0 Å². The van der Waals surface area contributed by atoms with E-state index < -0.39 is 6.10 Å². The van der Waals surface area contributed by atoms with Crippen molar-refractivity contribution in [3.8, 4) is 0 Å². The van der Waals surface area contributed by atoms with Gasteiger partial charge in [-0.05, 0) is 57.8 Å². The topological polar surface area (TPSA) is 78.9 Å². The van der Waals surface area contributed by atoms with Gasteiger partial charge in [0.15, 0.2) is 6.10 Å². The van der Waals surface area contributed by atoms with Crippen LogP contribution >= 0.6 is 0 Å². The maximum Gasteiger partial charge on any atom is 0.306 e. The second-order valence-electron chi connectivity index (χ2n) is 15.6. The lowest BCUT2D eigenvalue weighted by atomic mass is 10.0.